The van der Waals surface area contributed by atoms with Crippen LogP contribution in [0.2, 0.25) is 0 Å². The molecule has 0 fully saturated rings. The number of nitrogens with zero attached hydrogens (tertiary/aromatic N) is 1. The van der Waals surface area contributed by atoms with E-state index >= 15 is 0 Å². The quantitative estimate of drug-likeness (QED) is 0.222. The summed E-state index contributed by atoms with van der Waals surface area (Å²) < 4.78 is 95.1. The van der Waals surface area contributed by atoms with Crippen molar-refractivity contribution in [1.29, 1.82) is 5.26 Å². The number of carboxylic acids is 1. The van der Waals surface area contributed by atoms with Gasteiger partial charge in [0.1, 0.15) is 11.9 Å². The first kappa shape index (κ1) is 34.7. The van der Waals surface area contributed by atoms with Gasteiger partial charge in [0.25, 0.3) is 0 Å². The number of carboxylic acid groups (broad SMARTS) is 1. The minimum absolute atomic E-state index is 0.000393. The molecule has 1 aromatic heterocycles. The van der Waals surface area contributed by atoms with Crippen LogP contribution in [0.1, 0.15) is 72.2 Å². The number of aryl methyl sites for hydroxylation is 1. The van der Waals surface area contributed by atoms with Gasteiger partial charge in [-0.25, -0.2) is 4.39 Å². The van der Waals surface area contributed by atoms with Gasteiger partial charge in [-0.1, -0.05) is 12.1 Å². The first-order valence-electron chi connectivity index (χ1n) is 14.1. The number of aliphatic carboxylic acids is 1. The lowest BCUT2D eigenvalue weighted by Gasteiger charge is -2.26. The van der Waals surface area contributed by atoms with Gasteiger partial charge < -0.3 is 10.4 Å². The zero-order valence-electron chi connectivity index (χ0n) is 24.9. The zero-order valence-corrected chi connectivity index (χ0v) is 25.7. The van der Waals surface area contributed by atoms with Crippen molar-refractivity contribution in [3.63, 3.8) is 0 Å². The fourth-order valence-electron chi connectivity index (χ4n) is 5.40. The number of hydrogen-bond donors (Lipinski definition) is 2. The minimum Gasteiger partial charge on any atom is -0.481 e. The molecule has 1 aliphatic rings. The van der Waals surface area contributed by atoms with Gasteiger partial charge in [0.05, 0.1) is 44.1 Å². The van der Waals surface area contributed by atoms with Gasteiger partial charge in [0, 0.05) is 6.42 Å². The van der Waals surface area contributed by atoms with Crippen molar-refractivity contribution in [3.05, 3.63) is 81.0 Å². The van der Waals surface area contributed by atoms with Gasteiger partial charge in [0.2, 0.25) is 0 Å². The van der Waals surface area contributed by atoms with E-state index in [1.54, 1.807) is 6.92 Å². The number of halogens is 7. The number of carbonyl (C=O) groups excluding carboxylic acids is 1. The highest BCUT2D eigenvalue weighted by molar-refractivity contribution is 7.17. The van der Waals surface area contributed by atoms with Crippen LogP contribution < -0.4 is 5.32 Å². The van der Waals surface area contributed by atoms with Gasteiger partial charge in [-0.3, -0.25) is 9.59 Å². The Kier molecular flexibility index (Phi) is 9.73. The van der Waals surface area contributed by atoms with E-state index in [1.807, 2.05) is 6.08 Å². The maximum absolute atomic E-state index is 14.0. The Balaban J connectivity index is 1.74. The molecule has 3 aromatic rings. The summed E-state index contributed by atoms with van der Waals surface area (Å²) >= 11 is 1.22. The molecule has 2 N–H and O–H groups in total. The van der Waals surface area contributed by atoms with Gasteiger partial charge in [-0.05, 0) is 98.5 Å². The second-order valence-corrected chi connectivity index (χ2v) is 12.8. The van der Waals surface area contributed by atoms with E-state index in [2.05, 4.69) is 11.4 Å². The number of ketones is 1. The number of thiophene rings is 1. The van der Waals surface area contributed by atoms with Gasteiger partial charge in [-0.15, -0.1) is 11.3 Å². The predicted molar refractivity (Wildman–Crippen MR) is 160 cm³/mol. The van der Waals surface area contributed by atoms with Crippen LogP contribution in [0.5, 0.6) is 0 Å². The molecule has 1 heterocycles. The Morgan fingerprint density at radius 3 is 2.11 bits per heavy atom. The van der Waals surface area contributed by atoms with E-state index in [4.69, 9.17) is 5.11 Å². The van der Waals surface area contributed by atoms with Gasteiger partial charge in [0.15, 0.2) is 5.78 Å². The fourth-order valence-corrected chi connectivity index (χ4v) is 6.78. The number of Topliss-reactive ketones (excluding diaryl/α,β-unsaturated/α-hetero) is 1. The maximum Gasteiger partial charge on any atom is 0.416 e. The molecule has 0 saturated carbocycles. The largest absolute Gasteiger partial charge is 0.481 e. The van der Waals surface area contributed by atoms with Crippen LogP contribution in [0, 0.1) is 30.0 Å². The van der Waals surface area contributed by atoms with Gasteiger partial charge >= 0.3 is 18.3 Å². The Labute approximate surface area is 264 Å². The number of alkyl halides is 6. The lowest BCUT2D eigenvalue weighted by atomic mass is 9.79. The van der Waals surface area contributed by atoms with Crippen molar-refractivity contribution in [2.24, 2.45) is 5.92 Å². The summed E-state index contributed by atoms with van der Waals surface area (Å²) in [4.78, 5) is 25.8. The van der Waals surface area contributed by atoms with Crippen LogP contribution in [0.15, 0.2) is 42.5 Å². The topological polar surface area (TPSA) is 90.2 Å². The Morgan fingerprint density at radius 1 is 1.00 bits per heavy atom. The molecular formula is C33H29F7N2O3S. The number of rotatable bonds is 9. The molecule has 0 bridgehead atoms. The van der Waals surface area contributed by atoms with Crippen molar-refractivity contribution in [3.8, 4) is 16.5 Å². The number of anilines is 1. The first-order chi connectivity index (χ1) is 21.3. The van der Waals surface area contributed by atoms with Crippen LogP contribution in [-0.4, -0.2) is 23.4 Å². The Hall–Kier alpha value is -4.18. The number of benzene rings is 2. The molecule has 0 aliphatic heterocycles. The van der Waals surface area contributed by atoms with E-state index in [0.717, 1.165) is 5.57 Å². The molecule has 0 radical (unpaired) electrons. The van der Waals surface area contributed by atoms with Gasteiger partial charge in [-0.2, -0.15) is 31.6 Å². The molecule has 0 saturated heterocycles. The van der Waals surface area contributed by atoms with Crippen LogP contribution in [0.4, 0.5) is 36.4 Å². The number of allylic oxidation sites excluding steroid dienone is 2. The standard InChI is InChI=1S/C33H29F7N2O3S/c1-17-10-23(34)8-9-24(17)30-28(25(15-41)29(46-30)19-6-4-18(5-7-19)11-27(44)45)42-16-26(43)31(2,3)20-12-21(32(35,36)37)14-22(13-20)33(38,39)40/h6,8-10,12-14,18,42H,4-5,7,11,16H2,1-3H3,(H,44,45). The van der Waals surface area contributed by atoms with Crippen molar-refractivity contribution >= 4 is 34.3 Å². The molecular weight excluding hydrogens is 637 g/mol. The number of carbonyl (C=O) groups is 2. The van der Waals surface area contributed by atoms with E-state index in [1.165, 1.54) is 43.4 Å². The minimum atomic E-state index is -5.09. The summed E-state index contributed by atoms with van der Waals surface area (Å²) in [6, 6.07) is 7.23. The predicted octanol–water partition coefficient (Wildman–Crippen LogP) is 9.39. The first-order valence-corrected chi connectivity index (χ1v) is 15.0. The second kappa shape index (κ2) is 12.9. The molecule has 0 spiro atoms. The van der Waals surface area contributed by atoms with Crippen molar-refractivity contribution in [2.45, 2.75) is 64.2 Å². The molecule has 0 amide bonds. The Morgan fingerprint density at radius 2 is 1.61 bits per heavy atom. The fraction of sp³-hybridized carbons (Fsp3) is 0.364. The van der Waals surface area contributed by atoms with Crippen molar-refractivity contribution in [1.82, 2.24) is 0 Å². The summed E-state index contributed by atoms with van der Waals surface area (Å²) in [6.45, 7) is 3.55. The average molecular weight is 667 g/mol. The van der Waals surface area contributed by atoms with Crippen molar-refractivity contribution < 1.29 is 45.4 Å². The van der Waals surface area contributed by atoms with Crippen molar-refractivity contribution in [2.75, 3.05) is 11.9 Å². The SMILES string of the molecule is Cc1cc(F)ccc1-c1sc(C2=CCC(CC(=O)O)CC2)c(C#N)c1NCC(=O)C(C)(C)c1cc(C(F)(F)F)cc(C(F)(F)F)c1. The summed E-state index contributed by atoms with van der Waals surface area (Å²) in [5, 5.41) is 22.3. The summed E-state index contributed by atoms with van der Waals surface area (Å²) in [5.74, 6) is -2.23. The molecule has 5 nitrogen and oxygen atoms in total. The highest BCUT2D eigenvalue weighted by Crippen LogP contribution is 2.47. The molecule has 244 valence electrons. The third-order valence-electron chi connectivity index (χ3n) is 8.16. The molecule has 2 aromatic carbocycles. The summed E-state index contributed by atoms with van der Waals surface area (Å²) in [5.41, 5.74) is -3.12. The molecule has 4 rings (SSSR count). The number of hydrogen-bond acceptors (Lipinski definition) is 5. The average Bonchev–Trinajstić information content (AvgIpc) is 3.32. The highest BCUT2D eigenvalue weighted by Gasteiger charge is 2.40. The van der Waals surface area contributed by atoms with E-state index < -0.39 is 58.6 Å². The van der Waals surface area contributed by atoms with E-state index in [9.17, 15) is 45.6 Å². The van der Waals surface area contributed by atoms with E-state index in [0.29, 0.717) is 52.3 Å². The molecule has 1 aliphatic carbocycles. The molecule has 46 heavy (non-hydrogen) atoms. The molecule has 1 atom stereocenters. The lowest BCUT2D eigenvalue weighted by molar-refractivity contribution is -0.143. The van der Waals surface area contributed by atoms with Crippen LogP contribution >= 0.6 is 11.3 Å². The number of nitriles is 1. The molecule has 13 heteroatoms. The second-order valence-electron chi connectivity index (χ2n) is 11.7. The maximum atomic E-state index is 14.0. The van der Waals surface area contributed by atoms with E-state index in [-0.39, 0.29) is 29.7 Å². The lowest BCUT2D eigenvalue weighted by Crippen LogP contribution is -2.35. The summed E-state index contributed by atoms with van der Waals surface area (Å²) in [6.07, 6.45) is -6.79. The van der Waals surface area contributed by atoms with Crippen LogP contribution in [-0.2, 0) is 27.4 Å². The van der Waals surface area contributed by atoms with Crippen LogP contribution in [0.25, 0.3) is 16.0 Å². The third-order valence-corrected chi connectivity index (χ3v) is 9.46. The third kappa shape index (κ3) is 7.44. The highest BCUT2D eigenvalue weighted by atomic mass is 32.1. The van der Waals surface area contributed by atoms with Crippen LogP contribution in [0.3, 0.4) is 0 Å². The Bertz CT molecular complexity index is 1710. The molecule has 1 unspecified atom stereocenters. The summed E-state index contributed by atoms with van der Waals surface area (Å²) in [7, 11) is 0. The number of nitrogens with one attached hydrogen (secondary N) is 1. The monoisotopic (exact) mass is 666 g/mol. The normalized spacial score (nSPS) is 15.7. The zero-order chi connectivity index (χ0) is 34.2. The smallest absolute Gasteiger partial charge is 0.416 e.